The highest BCUT2D eigenvalue weighted by Crippen LogP contribution is 2.18. The first-order chi connectivity index (χ1) is 11.1. The fourth-order valence-corrected chi connectivity index (χ4v) is 2.48. The van der Waals surface area contributed by atoms with Crippen molar-refractivity contribution in [2.24, 2.45) is 0 Å². The molecule has 1 aromatic carbocycles. The standard InChI is InChI=1S/C16H12BrFN4O/c17-14-3-2-12(18)9-13(14)16(23)20-10-11-4-6-19-15(8-11)22-7-1-5-21-22/h1-9H,10H2,(H,20,23). The predicted molar refractivity (Wildman–Crippen MR) is 86.6 cm³/mol. The summed E-state index contributed by atoms with van der Waals surface area (Å²) in [5, 5.41) is 6.87. The number of hydrogen-bond donors (Lipinski definition) is 1. The highest BCUT2D eigenvalue weighted by atomic mass is 79.9. The largest absolute Gasteiger partial charge is 0.348 e. The number of pyridine rings is 1. The lowest BCUT2D eigenvalue weighted by Gasteiger charge is -2.08. The Kier molecular flexibility index (Phi) is 4.47. The average molecular weight is 375 g/mol. The molecule has 0 saturated carbocycles. The number of rotatable bonds is 4. The summed E-state index contributed by atoms with van der Waals surface area (Å²) < 4.78 is 15.4. The first-order valence-electron chi connectivity index (χ1n) is 6.82. The summed E-state index contributed by atoms with van der Waals surface area (Å²) in [7, 11) is 0. The van der Waals surface area contributed by atoms with Crippen LogP contribution in [-0.2, 0) is 6.54 Å². The summed E-state index contributed by atoms with van der Waals surface area (Å²) >= 11 is 3.25. The number of aromatic nitrogens is 3. The molecule has 0 saturated heterocycles. The third-order valence-electron chi connectivity index (χ3n) is 3.18. The molecule has 1 N–H and O–H groups in total. The van der Waals surface area contributed by atoms with Crippen molar-refractivity contribution in [3.05, 3.63) is 76.4 Å². The van der Waals surface area contributed by atoms with Gasteiger partial charge in [-0.15, -0.1) is 0 Å². The van der Waals surface area contributed by atoms with Crippen molar-refractivity contribution in [1.29, 1.82) is 0 Å². The van der Waals surface area contributed by atoms with Gasteiger partial charge in [-0.25, -0.2) is 14.1 Å². The molecule has 0 radical (unpaired) electrons. The zero-order chi connectivity index (χ0) is 16.2. The number of amides is 1. The molecule has 3 aromatic rings. The maximum atomic E-state index is 13.3. The molecule has 116 valence electrons. The lowest BCUT2D eigenvalue weighted by molar-refractivity contribution is 0.0949. The molecule has 0 unspecified atom stereocenters. The van der Waals surface area contributed by atoms with Gasteiger partial charge >= 0.3 is 0 Å². The Morgan fingerprint density at radius 1 is 1.26 bits per heavy atom. The van der Waals surface area contributed by atoms with Crippen LogP contribution >= 0.6 is 15.9 Å². The van der Waals surface area contributed by atoms with Crippen molar-refractivity contribution >= 4 is 21.8 Å². The number of benzene rings is 1. The topological polar surface area (TPSA) is 59.8 Å². The first kappa shape index (κ1) is 15.4. The third kappa shape index (κ3) is 3.62. The molecular weight excluding hydrogens is 363 g/mol. The van der Waals surface area contributed by atoms with E-state index in [9.17, 15) is 9.18 Å². The highest BCUT2D eigenvalue weighted by Gasteiger charge is 2.11. The molecule has 0 bridgehead atoms. The minimum Gasteiger partial charge on any atom is -0.348 e. The maximum Gasteiger partial charge on any atom is 0.252 e. The number of carbonyl (C=O) groups is 1. The lowest BCUT2D eigenvalue weighted by Crippen LogP contribution is -2.23. The molecule has 2 aromatic heterocycles. The van der Waals surface area contributed by atoms with Gasteiger partial charge in [0.1, 0.15) is 5.82 Å². The van der Waals surface area contributed by atoms with Crippen molar-refractivity contribution < 1.29 is 9.18 Å². The van der Waals surface area contributed by atoms with Crippen molar-refractivity contribution in [3.63, 3.8) is 0 Å². The van der Waals surface area contributed by atoms with Crippen molar-refractivity contribution in [2.45, 2.75) is 6.54 Å². The van der Waals surface area contributed by atoms with E-state index in [1.54, 1.807) is 35.4 Å². The van der Waals surface area contributed by atoms with Gasteiger partial charge in [0.25, 0.3) is 5.91 Å². The highest BCUT2D eigenvalue weighted by molar-refractivity contribution is 9.10. The van der Waals surface area contributed by atoms with Crippen molar-refractivity contribution in [1.82, 2.24) is 20.1 Å². The zero-order valence-electron chi connectivity index (χ0n) is 11.9. The van der Waals surface area contributed by atoms with Gasteiger partial charge < -0.3 is 5.32 Å². The molecule has 5 nitrogen and oxygen atoms in total. The predicted octanol–water partition coefficient (Wildman–Crippen LogP) is 3.10. The van der Waals surface area contributed by atoms with E-state index in [0.717, 1.165) is 5.56 Å². The van der Waals surface area contributed by atoms with Gasteiger partial charge in [-0.05, 0) is 57.9 Å². The Labute approximate surface area is 140 Å². The molecule has 3 rings (SSSR count). The van der Waals surface area contributed by atoms with E-state index >= 15 is 0 Å². The molecule has 0 aliphatic carbocycles. The minimum atomic E-state index is -0.455. The smallest absolute Gasteiger partial charge is 0.252 e. The SMILES string of the molecule is O=C(NCc1ccnc(-n2cccn2)c1)c1cc(F)ccc1Br. The first-order valence-corrected chi connectivity index (χ1v) is 7.61. The van der Waals surface area contributed by atoms with Crippen molar-refractivity contribution in [3.8, 4) is 5.82 Å². The van der Waals surface area contributed by atoms with Crippen LogP contribution in [0.25, 0.3) is 5.82 Å². The number of carbonyl (C=O) groups excluding carboxylic acids is 1. The number of nitrogens with zero attached hydrogens (tertiary/aromatic N) is 3. The fraction of sp³-hybridized carbons (Fsp3) is 0.0625. The van der Waals surface area contributed by atoms with Crippen LogP contribution < -0.4 is 5.32 Å². The Hall–Kier alpha value is -2.54. The summed E-state index contributed by atoms with van der Waals surface area (Å²) in [6.07, 6.45) is 5.10. The van der Waals surface area contributed by atoms with Crippen LogP contribution in [0.4, 0.5) is 4.39 Å². The lowest BCUT2D eigenvalue weighted by atomic mass is 10.2. The van der Waals surface area contributed by atoms with E-state index in [0.29, 0.717) is 16.8 Å². The Morgan fingerprint density at radius 2 is 2.13 bits per heavy atom. The van der Waals surface area contributed by atoms with E-state index < -0.39 is 5.82 Å². The van der Waals surface area contributed by atoms with Crippen molar-refractivity contribution in [2.75, 3.05) is 0 Å². The number of hydrogen-bond acceptors (Lipinski definition) is 3. The van der Waals surface area contributed by atoms with Crippen LogP contribution in [-0.4, -0.2) is 20.7 Å². The fourth-order valence-electron chi connectivity index (χ4n) is 2.05. The molecule has 0 spiro atoms. The molecule has 7 heteroatoms. The Morgan fingerprint density at radius 3 is 2.91 bits per heavy atom. The second kappa shape index (κ2) is 6.70. The van der Waals surface area contributed by atoms with Gasteiger partial charge in [0.05, 0.1) is 5.56 Å². The molecule has 1 amide bonds. The van der Waals surface area contributed by atoms with Crippen LogP contribution in [0.1, 0.15) is 15.9 Å². The zero-order valence-corrected chi connectivity index (χ0v) is 13.5. The maximum absolute atomic E-state index is 13.3. The summed E-state index contributed by atoms with van der Waals surface area (Å²) in [6.45, 7) is 0.304. The van der Waals surface area contributed by atoms with Crippen LogP contribution in [0, 0.1) is 5.82 Å². The van der Waals surface area contributed by atoms with Gasteiger partial charge in [0.15, 0.2) is 5.82 Å². The molecule has 0 aliphatic rings. The second-order valence-corrected chi connectivity index (χ2v) is 5.63. The summed E-state index contributed by atoms with van der Waals surface area (Å²) in [6, 6.07) is 9.42. The van der Waals surface area contributed by atoms with Gasteiger partial charge in [-0.3, -0.25) is 4.79 Å². The number of halogens is 2. The van der Waals surface area contributed by atoms with Gasteiger partial charge in [0, 0.05) is 29.6 Å². The van der Waals surface area contributed by atoms with Gasteiger partial charge in [-0.1, -0.05) is 0 Å². The van der Waals surface area contributed by atoms with E-state index in [2.05, 4.69) is 31.3 Å². The monoisotopic (exact) mass is 374 g/mol. The average Bonchev–Trinajstić information content (AvgIpc) is 3.10. The van der Waals surface area contributed by atoms with Gasteiger partial charge in [-0.2, -0.15) is 5.10 Å². The van der Waals surface area contributed by atoms with E-state index in [1.807, 2.05) is 6.07 Å². The van der Waals surface area contributed by atoms with Gasteiger partial charge in [0.2, 0.25) is 0 Å². The molecule has 0 fully saturated rings. The Bertz CT molecular complexity index is 836. The second-order valence-electron chi connectivity index (χ2n) is 4.78. The van der Waals surface area contributed by atoms with Crippen LogP contribution in [0.3, 0.4) is 0 Å². The molecular formula is C16H12BrFN4O. The summed E-state index contributed by atoms with van der Waals surface area (Å²) in [4.78, 5) is 16.4. The quantitative estimate of drug-likeness (QED) is 0.763. The third-order valence-corrected chi connectivity index (χ3v) is 3.87. The van der Waals surface area contributed by atoms with E-state index in [4.69, 9.17) is 0 Å². The van der Waals surface area contributed by atoms with E-state index in [1.165, 1.54) is 18.2 Å². The Balaban J connectivity index is 1.72. The summed E-state index contributed by atoms with van der Waals surface area (Å²) in [5.41, 5.74) is 1.12. The molecule has 0 aliphatic heterocycles. The van der Waals surface area contributed by atoms with Crippen LogP contribution in [0.15, 0.2) is 59.5 Å². The molecule has 23 heavy (non-hydrogen) atoms. The van der Waals surface area contributed by atoms with E-state index in [-0.39, 0.29) is 11.5 Å². The summed E-state index contributed by atoms with van der Waals surface area (Å²) in [5.74, 6) is -0.147. The van der Waals surface area contributed by atoms with Crippen LogP contribution in [0.2, 0.25) is 0 Å². The van der Waals surface area contributed by atoms with Crippen LogP contribution in [0.5, 0.6) is 0 Å². The minimum absolute atomic E-state index is 0.256. The number of nitrogens with one attached hydrogen (secondary N) is 1. The molecule has 0 atom stereocenters. The molecule has 2 heterocycles. The normalized spacial score (nSPS) is 10.5.